The van der Waals surface area contributed by atoms with E-state index in [0.717, 1.165) is 36.8 Å². The van der Waals surface area contributed by atoms with Gasteiger partial charge in [-0.2, -0.15) is 0 Å². The summed E-state index contributed by atoms with van der Waals surface area (Å²) in [6, 6.07) is 16.6. The lowest BCUT2D eigenvalue weighted by Gasteiger charge is -2.31. The van der Waals surface area contributed by atoms with Crippen molar-refractivity contribution in [2.45, 2.75) is 37.6 Å². The number of carboxylic acids is 1. The van der Waals surface area contributed by atoms with Crippen LogP contribution in [-0.4, -0.2) is 17.0 Å². The summed E-state index contributed by atoms with van der Waals surface area (Å²) in [6.07, 6.45) is 4.40. The lowest BCUT2D eigenvalue weighted by molar-refractivity contribution is -0.122. The monoisotopic (exact) mass is 323 g/mol. The summed E-state index contributed by atoms with van der Waals surface area (Å²) in [6.45, 7) is 0. The fourth-order valence-corrected chi connectivity index (χ4v) is 3.48. The van der Waals surface area contributed by atoms with Gasteiger partial charge >= 0.3 is 5.97 Å². The zero-order valence-corrected chi connectivity index (χ0v) is 13.5. The molecule has 0 unspecified atom stereocenters. The minimum atomic E-state index is -0.958. The first kappa shape index (κ1) is 16.2. The highest BCUT2D eigenvalue weighted by Crippen LogP contribution is 2.38. The van der Waals surface area contributed by atoms with E-state index in [4.69, 9.17) is 5.11 Å². The molecule has 3 rings (SSSR count). The first-order valence-corrected chi connectivity index (χ1v) is 8.28. The smallest absolute Gasteiger partial charge is 0.335 e. The molecule has 0 bridgehead atoms. The summed E-state index contributed by atoms with van der Waals surface area (Å²) in [5.74, 6) is -0.983. The maximum absolute atomic E-state index is 12.5. The Balaban J connectivity index is 1.71. The Kier molecular flexibility index (Phi) is 4.65. The van der Waals surface area contributed by atoms with Crippen molar-refractivity contribution in [2.24, 2.45) is 0 Å². The molecule has 0 spiro atoms. The molecule has 124 valence electrons. The van der Waals surface area contributed by atoms with Crippen LogP contribution in [0.2, 0.25) is 0 Å². The van der Waals surface area contributed by atoms with Crippen LogP contribution in [-0.2, 0) is 16.8 Å². The molecule has 1 aliphatic rings. The molecule has 2 aromatic carbocycles. The van der Waals surface area contributed by atoms with Crippen molar-refractivity contribution in [3.05, 3.63) is 71.3 Å². The molecule has 0 aliphatic heterocycles. The van der Waals surface area contributed by atoms with E-state index in [1.807, 2.05) is 18.2 Å². The van der Waals surface area contributed by atoms with Gasteiger partial charge in [0.25, 0.3) is 0 Å². The SMILES string of the molecule is O=C(Cc1ccc(C(=O)O)cc1)NC1(c2ccccc2)CCCC1. The third-order valence-corrected chi connectivity index (χ3v) is 4.73. The Morgan fingerprint density at radius 1 is 0.958 bits per heavy atom. The molecule has 1 amide bonds. The molecule has 1 aliphatic carbocycles. The maximum atomic E-state index is 12.5. The normalized spacial score (nSPS) is 15.8. The van der Waals surface area contributed by atoms with Crippen LogP contribution >= 0.6 is 0 Å². The van der Waals surface area contributed by atoms with Crippen LogP contribution in [0.1, 0.15) is 47.2 Å². The van der Waals surface area contributed by atoms with E-state index in [1.54, 1.807) is 12.1 Å². The Morgan fingerprint density at radius 2 is 1.58 bits per heavy atom. The van der Waals surface area contributed by atoms with E-state index < -0.39 is 5.97 Å². The van der Waals surface area contributed by atoms with E-state index >= 15 is 0 Å². The van der Waals surface area contributed by atoms with Gasteiger partial charge in [-0.3, -0.25) is 4.79 Å². The lowest BCUT2D eigenvalue weighted by Crippen LogP contribution is -2.44. The number of amides is 1. The number of carboxylic acid groups (broad SMARTS) is 1. The highest BCUT2D eigenvalue weighted by molar-refractivity contribution is 5.87. The number of hydrogen-bond acceptors (Lipinski definition) is 2. The zero-order chi connectivity index (χ0) is 17.0. The fourth-order valence-electron chi connectivity index (χ4n) is 3.48. The van der Waals surface area contributed by atoms with Gasteiger partial charge in [-0.05, 0) is 36.1 Å². The van der Waals surface area contributed by atoms with Crippen LogP contribution in [0.3, 0.4) is 0 Å². The molecule has 2 N–H and O–H groups in total. The number of nitrogens with one attached hydrogen (secondary N) is 1. The van der Waals surface area contributed by atoms with Gasteiger partial charge in [-0.15, -0.1) is 0 Å². The molecule has 2 aromatic rings. The van der Waals surface area contributed by atoms with Crippen molar-refractivity contribution in [1.82, 2.24) is 5.32 Å². The number of carbonyl (C=O) groups is 2. The third kappa shape index (κ3) is 3.48. The maximum Gasteiger partial charge on any atom is 0.335 e. The second kappa shape index (κ2) is 6.87. The standard InChI is InChI=1S/C20H21NO3/c22-18(14-15-8-10-16(11-9-15)19(23)24)21-20(12-4-5-13-20)17-6-2-1-3-7-17/h1-3,6-11H,4-5,12-14H2,(H,21,22)(H,23,24). The van der Waals surface area contributed by atoms with Gasteiger partial charge in [0.1, 0.15) is 0 Å². The van der Waals surface area contributed by atoms with Gasteiger partial charge in [0.2, 0.25) is 5.91 Å². The lowest BCUT2D eigenvalue weighted by atomic mass is 9.88. The predicted octanol–water partition coefficient (Wildman–Crippen LogP) is 3.51. The molecule has 0 saturated heterocycles. The average molecular weight is 323 g/mol. The van der Waals surface area contributed by atoms with Gasteiger partial charge < -0.3 is 10.4 Å². The van der Waals surface area contributed by atoms with Gasteiger partial charge in [0.15, 0.2) is 0 Å². The second-order valence-electron chi connectivity index (χ2n) is 6.38. The minimum absolute atomic E-state index is 0.0242. The van der Waals surface area contributed by atoms with E-state index in [0.29, 0.717) is 0 Å². The Hall–Kier alpha value is -2.62. The summed E-state index contributed by atoms with van der Waals surface area (Å²) in [4.78, 5) is 23.4. The van der Waals surface area contributed by atoms with Crippen LogP contribution in [0.5, 0.6) is 0 Å². The van der Waals surface area contributed by atoms with Gasteiger partial charge in [-0.25, -0.2) is 4.79 Å². The quantitative estimate of drug-likeness (QED) is 0.885. The van der Waals surface area contributed by atoms with Crippen molar-refractivity contribution in [3.8, 4) is 0 Å². The highest BCUT2D eigenvalue weighted by Gasteiger charge is 2.36. The van der Waals surface area contributed by atoms with Crippen LogP contribution in [0, 0.1) is 0 Å². The molecule has 0 radical (unpaired) electrons. The fraction of sp³-hybridized carbons (Fsp3) is 0.300. The molecule has 1 fully saturated rings. The number of carbonyl (C=O) groups excluding carboxylic acids is 1. The number of aromatic carboxylic acids is 1. The molecule has 24 heavy (non-hydrogen) atoms. The molecule has 4 nitrogen and oxygen atoms in total. The molecule has 0 heterocycles. The number of rotatable bonds is 5. The second-order valence-corrected chi connectivity index (χ2v) is 6.38. The van der Waals surface area contributed by atoms with Crippen LogP contribution in [0.25, 0.3) is 0 Å². The van der Waals surface area contributed by atoms with Crippen molar-refractivity contribution in [2.75, 3.05) is 0 Å². The zero-order valence-electron chi connectivity index (χ0n) is 13.5. The van der Waals surface area contributed by atoms with Gasteiger partial charge in [-0.1, -0.05) is 55.3 Å². The molecule has 4 heteroatoms. The number of benzene rings is 2. The van der Waals surface area contributed by atoms with E-state index in [9.17, 15) is 9.59 Å². The van der Waals surface area contributed by atoms with Crippen LogP contribution < -0.4 is 5.32 Å². The molecular formula is C20H21NO3. The average Bonchev–Trinajstić information content (AvgIpc) is 3.05. The largest absolute Gasteiger partial charge is 0.478 e. The summed E-state index contributed by atoms with van der Waals surface area (Å²) >= 11 is 0. The Morgan fingerprint density at radius 3 is 2.17 bits per heavy atom. The van der Waals surface area contributed by atoms with Crippen LogP contribution in [0.4, 0.5) is 0 Å². The minimum Gasteiger partial charge on any atom is -0.478 e. The van der Waals surface area contributed by atoms with Crippen molar-refractivity contribution >= 4 is 11.9 Å². The summed E-state index contributed by atoms with van der Waals surface area (Å²) in [5, 5.41) is 12.2. The Bertz CT molecular complexity index is 716. The van der Waals surface area contributed by atoms with Crippen molar-refractivity contribution in [3.63, 3.8) is 0 Å². The van der Waals surface area contributed by atoms with Crippen molar-refractivity contribution in [1.29, 1.82) is 0 Å². The molecule has 0 aromatic heterocycles. The van der Waals surface area contributed by atoms with Crippen LogP contribution in [0.15, 0.2) is 54.6 Å². The summed E-state index contributed by atoms with van der Waals surface area (Å²) < 4.78 is 0. The predicted molar refractivity (Wildman–Crippen MR) is 91.8 cm³/mol. The van der Waals surface area contributed by atoms with Crippen molar-refractivity contribution < 1.29 is 14.7 Å². The summed E-state index contributed by atoms with van der Waals surface area (Å²) in [5.41, 5.74) is 1.95. The third-order valence-electron chi connectivity index (χ3n) is 4.73. The topological polar surface area (TPSA) is 66.4 Å². The molecular weight excluding hydrogens is 302 g/mol. The molecule has 1 saturated carbocycles. The van der Waals surface area contributed by atoms with E-state index in [2.05, 4.69) is 17.4 Å². The van der Waals surface area contributed by atoms with E-state index in [1.165, 1.54) is 12.1 Å². The number of hydrogen-bond donors (Lipinski definition) is 2. The first-order valence-electron chi connectivity index (χ1n) is 8.28. The van der Waals surface area contributed by atoms with Gasteiger partial charge in [0, 0.05) is 0 Å². The Labute approximate surface area is 141 Å². The van der Waals surface area contributed by atoms with E-state index in [-0.39, 0.29) is 23.4 Å². The highest BCUT2D eigenvalue weighted by atomic mass is 16.4. The molecule has 0 atom stereocenters. The summed E-state index contributed by atoms with van der Waals surface area (Å²) in [7, 11) is 0. The first-order chi connectivity index (χ1) is 11.6. The van der Waals surface area contributed by atoms with Gasteiger partial charge in [0.05, 0.1) is 17.5 Å².